The minimum absolute atomic E-state index is 0.0128. The van der Waals surface area contributed by atoms with Gasteiger partial charge in [0, 0.05) is 58.1 Å². The van der Waals surface area contributed by atoms with Crippen LogP contribution in [0.1, 0.15) is 42.7 Å². The number of carbonyl (C=O) groups is 1. The topological polar surface area (TPSA) is 88.0 Å². The van der Waals surface area contributed by atoms with Gasteiger partial charge in [-0.1, -0.05) is 20.8 Å². The van der Waals surface area contributed by atoms with Crippen molar-refractivity contribution in [2.75, 3.05) is 0 Å². The Morgan fingerprint density at radius 2 is 2.10 bits per heavy atom. The van der Waals surface area contributed by atoms with Crippen LogP contribution in [-0.2, 0) is 6.42 Å². The number of carboxylic acid groups (broad SMARTS) is 1. The van der Waals surface area contributed by atoms with Gasteiger partial charge in [-0.2, -0.15) is 0 Å². The van der Waals surface area contributed by atoms with Crippen molar-refractivity contribution in [3.05, 3.63) is 63.5 Å². The highest BCUT2D eigenvalue weighted by Crippen LogP contribution is 2.46. The normalized spacial score (nSPS) is 15.8. The van der Waals surface area contributed by atoms with Gasteiger partial charge in [-0.15, -0.1) is 0 Å². The van der Waals surface area contributed by atoms with E-state index in [0.29, 0.717) is 0 Å². The van der Waals surface area contributed by atoms with E-state index in [4.69, 9.17) is 0 Å². The molecule has 5 rings (SSSR count). The van der Waals surface area contributed by atoms with Crippen LogP contribution in [0.25, 0.3) is 33.3 Å². The number of fused-ring (bicyclic) bond motifs is 5. The average molecular weight is 420 g/mol. The van der Waals surface area contributed by atoms with Crippen molar-refractivity contribution in [2.45, 2.75) is 33.2 Å². The van der Waals surface area contributed by atoms with Gasteiger partial charge >= 0.3 is 5.97 Å². The summed E-state index contributed by atoms with van der Waals surface area (Å²) in [5.74, 6) is -1.20. The van der Waals surface area contributed by atoms with E-state index in [2.05, 4.69) is 42.3 Å². The number of aromatic nitrogens is 3. The lowest BCUT2D eigenvalue weighted by Crippen LogP contribution is -2.33. The Morgan fingerprint density at radius 1 is 1.30 bits per heavy atom. The van der Waals surface area contributed by atoms with E-state index in [0.717, 1.165) is 45.3 Å². The lowest BCUT2D eigenvalue weighted by molar-refractivity contribution is 0.0693. The quantitative estimate of drug-likeness (QED) is 0.481. The van der Waals surface area contributed by atoms with Crippen LogP contribution in [-0.4, -0.2) is 25.0 Å². The predicted molar refractivity (Wildman–Crippen MR) is 118 cm³/mol. The molecule has 4 heterocycles. The molecule has 3 aromatic heterocycles. The first-order valence-corrected chi connectivity index (χ1v) is 10.6. The monoisotopic (exact) mass is 419 g/mol. The van der Waals surface area contributed by atoms with E-state index in [1.165, 1.54) is 23.8 Å². The molecule has 1 aliphatic heterocycles. The highest BCUT2D eigenvalue weighted by molar-refractivity contribution is 7.03. The summed E-state index contributed by atoms with van der Waals surface area (Å²) in [5, 5.41) is 12.6. The van der Waals surface area contributed by atoms with E-state index >= 15 is 0 Å². The number of rotatable bonds is 2. The van der Waals surface area contributed by atoms with Gasteiger partial charge in [-0.25, -0.2) is 9.17 Å². The molecule has 0 fully saturated rings. The number of hydrogen-bond acceptors (Lipinski definition) is 4. The summed E-state index contributed by atoms with van der Waals surface area (Å²) < 4.78 is 6.23. The van der Waals surface area contributed by atoms with Gasteiger partial charge in [0.25, 0.3) is 0 Å². The second-order valence-corrected chi connectivity index (χ2v) is 9.52. The molecule has 0 bridgehead atoms. The first kappa shape index (κ1) is 18.8. The Hall–Kier alpha value is -3.19. The summed E-state index contributed by atoms with van der Waals surface area (Å²) in [6, 6.07) is 5.67. The molecule has 0 amide bonds. The van der Waals surface area contributed by atoms with E-state index < -0.39 is 11.4 Å². The molecule has 6 nitrogen and oxygen atoms in total. The first-order valence-electron chi connectivity index (χ1n) is 9.78. The third-order valence-corrected chi connectivity index (χ3v) is 6.60. The SMILES string of the molecule is CC(C)(C)[C@@H]1Cc2c(cc(-c3cnsc3)c3cc[nH]c23)-c2cc(=O)c(C(=O)O)cn21. The van der Waals surface area contributed by atoms with Crippen LogP contribution in [0.15, 0.2) is 47.0 Å². The molecule has 7 heteroatoms. The number of aromatic amines is 1. The molecule has 1 aromatic carbocycles. The number of hydrogen-bond donors (Lipinski definition) is 2. The second-order valence-electron chi connectivity index (χ2n) is 8.86. The fraction of sp³-hybridized carbons (Fsp3) is 0.261. The van der Waals surface area contributed by atoms with Gasteiger partial charge < -0.3 is 14.7 Å². The summed E-state index contributed by atoms with van der Waals surface area (Å²) in [6.07, 6.45) is 6.05. The maximum Gasteiger partial charge on any atom is 0.341 e. The molecule has 0 radical (unpaired) electrons. The smallest absolute Gasteiger partial charge is 0.341 e. The summed E-state index contributed by atoms with van der Waals surface area (Å²) in [4.78, 5) is 27.6. The average Bonchev–Trinajstić information content (AvgIpc) is 3.37. The zero-order valence-corrected chi connectivity index (χ0v) is 17.7. The van der Waals surface area contributed by atoms with Crippen LogP contribution >= 0.6 is 11.5 Å². The van der Waals surface area contributed by atoms with Crippen molar-refractivity contribution in [3.63, 3.8) is 0 Å². The summed E-state index contributed by atoms with van der Waals surface area (Å²) in [7, 11) is 0. The molecule has 152 valence electrons. The summed E-state index contributed by atoms with van der Waals surface area (Å²) in [5.41, 5.74) is 5.21. The van der Waals surface area contributed by atoms with Crippen LogP contribution < -0.4 is 5.43 Å². The number of nitrogens with one attached hydrogen (secondary N) is 1. The van der Waals surface area contributed by atoms with Crippen LogP contribution in [0.5, 0.6) is 0 Å². The van der Waals surface area contributed by atoms with Gasteiger partial charge in [-0.3, -0.25) is 4.79 Å². The van der Waals surface area contributed by atoms with Crippen molar-refractivity contribution >= 4 is 28.4 Å². The van der Waals surface area contributed by atoms with Crippen molar-refractivity contribution in [1.82, 2.24) is 13.9 Å². The Bertz CT molecular complexity index is 1360. The van der Waals surface area contributed by atoms with Gasteiger partial charge in [0.1, 0.15) is 5.56 Å². The van der Waals surface area contributed by atoms with Gasteiger partial charge in [-0.05, 0) is 46.6 Å². The second kappa shape index (κ2) is 6.40. The zero-order valence-electron chi connectivity index (χ0n) is 16.9. The highest BCUT2D eigenvalue weighted by atomic mass is 32.1. The molecular formula is C23H21N3O3S. The van der Waals surface area contributed by atoms with Crippen molar-refractivity contribution in [1.29, 1.82) is 0 Å². The number of carboxylic acids is 1. The Morgan fingerprint density at radius 3 is 2.77 bits per heavy atom. The molecule has 30 heavy (non-hydrogen) atoms. The number of nitrogens with zero attached hydrogens (tertiary/aromatic N) is 2. The fourth-order valence-corrected chi connectivity index (χ4v) is 5.04. The van der Waals surface area contributed by atoms with Crippen molar-refractivity contribution in [2.24, 2.45) is 5.41 Å². The maximum atomic E-state index is 12.6. The van der Waals surface area contributed by atoms with Crippen molar-refractivity contribution < 1.29 is 9.90 Å². The Labute approximate surface area is 177 Å². The van der Waals surface area contributed by atoms with Crippen LogP contribution in [0, 0.1) is 5.41 Å². The van der Waals surface area contributed by atoms with E-state index in [9.17, 15) is 14.7 Å². The standard InChI is InChI=1S/C23H21N3O3S/c1-23(2,3)20-7-16-15(18-8-19(27)17(22(28)29)10-26(18)20)6-14(12-9-25-30-11-12)13-4-5-24-21(13)16/h4-6,8-11,20,24H,7H2,1-3H3,(H,28,29)/t20-/m0/s1. The Balaban J connectivity index is 1.88. The fourth-order valence-electron chi connectivity index (χ4n) is 4.50. The Kier molecular flexibility index (Phi) is 4.02. The first-order chi connectivity index (χ1) is 14.3. The minimum Gasteiger partial charge on any atom is -0.477 e. The highest BCUT2D eigenvalue weighted by Gasteiger charge is 2.35. The number of H-pyrrole nitrogens is 1. The summed E-state index contributed by atoms with van der Waals surface area (Å²) in [6.45, 7) is 6.42. The molecule has 1 atom stereocenters. The number of pyridine rings is 1. The predicted octanol–water partition coefficient (Wildman–Crippen LogP) is 4.96. The molecule has 0 saturated heterocycles. The summed E-state index contributed by atoms with van der Waals surface area (Å²) >= 11 is 1.40. The number of aromatic carboxylic acids is 1. The molecule has 0 unspecified atom stereocenters. The third-order valence-electron chi connectivity index (χ3n) is 6.01. The molecule has 4 aromatic rings. The molecule has 1 aliphatic rings. The minimum atomic E-state index is -1.20. The maximum absolute atomic E-state index is 12.6. The van der Waals surface area contributed by atoms with Crippen molar-refractivity contribution in [3.8, 4) is 22.4 Å². The van der Waals surface area contributed by atoms with Crippen LogP contribution in [0.4, 0.5) is 0 Å². The molecule has 2 N–H and O–H groups in total. The van der Waals surface area contributed by atoms with Gasteiger partial charge in [0.15, 0.2) is 5.43 Å². The van der Waals surface area contributed by atoms with Gasteiger partial charge in [0.05, 0.1) is 5.69 Å². The molecular weight excluding hydrogens is 398 g/mol. The largest absolute Gasteiger partial charge is 0.477 e. The molecule has 0 spiro atoms. The van der Waals surface area contributed by atoms with E-state index in [1.807, 2.05) is 22.3 Å². The number of benzene rings is 1. The van der Waals surface area contributed by atoms with Crippen LogP contribution in [0.2, 0.25) is 0 Å². The third kappa shape index (κ3) is 2.73. The lowest BCUT2D eigenvalue weighted by Gasteiger charge is -2.39. The van der Waals surface area contributed by atoms with E-state index in [1.54, 1.807) is 0 Å². The zero-order chi connectivity index (χ0) is 21.2. The van der Waals surface area contributed by atoms with Gasteiger partial charge in [0.2, 0.25) is 0 Å². The van der Waals surface area contributed by atoms with E-state index in [-0.39, 0.29) is 17.0 Å². The lowest BCUT2D eigenvalue weighted by atomic mass is 9.77. The molecule has 0 aliphatic carbocycles. The molecule has 0 saturated carbocycles. The van der Waals surface area contributed by atoms with Crippen LogP contribution in [0.3, 0.4) is 0 Å².